The van der Waals surface area contributed by atoms with Crippen LogP contribution in [0.2, 0.25) is 0 Å². The fourth-order valence-corrected chi connectivity index (χ4v) is 3.10. The maximum Gasteiger partial charge on any atom is 0.347 e. The molecular formula is C17H20O5. The third-order valence-electron chi connectivity index (χ3n) is 4.17. The lowest BCUT2D eigenvalue weighted by Gasteiger charge is -2.32. The summed E-state index contributed by atoms with van der Waals surface area (Å²) in [7, 11) is 0. The van der Waals surface area contributed by atoms with Gasteiger partial charge in [-0.25, -0.2) is 4.79 Å². The summed E-state index contributed by atoms with van der Waals surface area (Å²) in [5, 5.41) is 0. The molecule has 0 N–H and O–H groups in total. The van der Waals surface area contributed by atoms with Crippen LogP contribution in [0.25, 0.3) is 11.2 Å². The molecule has 1 unspecified atom stereocenters. The van der Waals surface area contributed by atoms with Gasteiger partial charge in [0, 0.05) is 6.07 Å². The van der Waals surface area contributed by atoms with Gasteiger partial charge in [-0.1, -0.05) is 27.7 Å². The predicted octanol–water partition coefficient (Wildman–Crippen LogP) is 4.16. The van der Waals surface area contributed by atoms with Gasteiger partial charge in [-0.2, -0.15) is 0 Å². The summed E-state index contributed by atoms with van der Waals surface area (Å²) in [6.45, 7) is 10.1. The minimum absolute atomic E-state index is 0.00155. The zero-order chi connectivity index (χ0) is 16.3. The largest absolute Gasteiger partial charge is 0.448 e. The molecule has 0 fully saturated rings. The number of fused-ring (bicyclic) bond motifs is 1. The first kappa shape index (κ1) is 14.9. The first-order chi connectivity index (χ1) is 10.1. The van der Waals surface area contributed by atoms with Crippen molar-refractivity contribution in [1.82, 2.24) is 0 Å². The molecule has 118 valence electrons. The summed E-state index contributed by atoms with van der Waals surface area (Å²) in [6, 6.07) is 1.56. The van der Waals surface area contributed by atoms with E-state index in [1.165, 1.54) is 0 Å². The highest BCUT2D eigenvalue weighted by Crippen LogP contribution is 2.50. The lowest BCUT2D eigenvalue weighted by molar-refractivity contribution is -0.147. The van der Waals surface area contributed by atoms with Crippen LogP contribution in [0, 0.1) is 10.8 Å². The monoisotopic (exact) mass is 304 g/mol. The lowest BCUT2D eigenvalue weighted by atomic mass is 9.73. The molecule has 0 saturated carbocycles. The number of furan rings is 2. The van der Waals surface area contributed by atoms with Crippen LogP contribution in [0.5, 0.6) is 11.5 Å². The fraction of sp³-hybridized carbons (Fsp3) is 0.529. The maximum absolute atomic E-state index is 12.7. The number of hydrogen-bond donors (Lipinski definition) is 0. The van der Waals surface area contributed by atoms with E-state index in [0.717, 1.165) is 0 Å². The zero-order valence-corrected chi connectivity index (χ0v) is 13.5. The molecule has 2 aromatic rings. The predicted molar refractivity (Wildman–Crippen MR) is 80.5 cm³/mol. The number of esters is 2. The summed E-state index contributed by atoms with van der Waals surface area (Å²) >= 11 is 0. The Morgan fingerprint density at radius 2 is 1.95 bits per heavy atom. The van der Waals surface area contributed by atoms with E-state index in [4.69, 9.17) is 13.9 Å². The Morgan fingerprint density at radius 1 is 1.27 bits per heavy atom. The Hall–Kier alpha value is -2.04. The lowest BCUT2D eigenvalue weighted by Crippen LogP contribution is -2.35. The third kappa shape index (κ3) is 2.16. The number of carbonyl (C=O) groups is 2. The molecule has 5 nitrogen and oxygen atoms in total. The Morgan fingerprint density at radius 3 is 2.55 bits per heavy atom. The van der Waals surface area contributed by atoms with Gasteiger partial charge in [0.2, 0.25) is 11.5 Å². The molecule has 22 heavy (non-hydrogen) atoms. The molecule has 0 amide bonds. The van der Waals surface area contributed by atoms with Crippen LogP contribution in [0.4, 0.5) is 0 Å². The van der Waals surface area contributed by atoms with Crippen LogP contribution < -0.4 is 9.47 Å². The molecule has 1 aliphatic rings. The first-order valence-corrected chi connectivity index (χ1v) is 7.48. The van der Waals surface area contributed by atoms with E-state index in [1.54, 1.807) is 6.07 Å². The highest BCUT2D eigenvalue weighted by Gasteiger charge is 2.41. The van der Waals surface area contributed by atoms with Crippen molar-refractivity contribution in [2.24, 2.45) is 10.8 Å². The fourth-order valence-electron chi connectivity index (χ4n) is 3.10. The second kappa shape index (κ2) is 4.48. The average Bonchev–Trinajstić information content (AvgIpc) is 3.01. The van der Waals surface area contributed by atoms with E-state index in [2.05, 4.69) is 20.8 Å². The third-order valence-corrected chi connectivity index (χ3v) is 4.17. The van der Waals surface area contributed by atoms with E-state index in [9.17, 15) is 9.59 Å². The van der Waals surface area contributed by atoms with Crippen molar-refractivity contribution in [3.63, 3.8) is 0 Å². The van der Waals surface area contributed by atoms with Crippen molar-refractivity contribution in [3.05, 3.63) is 11.6 Å². The van der Waals surface area contributed by atoms with Gasteiger partial charge in [-0.05, 0) is 25.2 Å². The molecular weight excluding hydrogens is 284 g/mol. The van der Waals surface area contributed by atoms with Crippen molar-refractivity contribution in [1.29, 1.82) is 0 Å². The zero-order valence-electron chi connectivity index (χ0n) is 13.5. The van der Waals surface area contributed by atoms with Gasteiger partial charge in [-0.3, -0.25) is 4.79 Å². The quantitative estimate of drug-likeness (QED) is 0.626. The van der Waals surface area contributed by atoms with Gasteiger partial charge in [-0.15, -0.1) is 0 Å². The highest BCUT2D eigenvalue weighted by molar-refractivity contribution is 6.10. The van der Waals surface area contributed by atoms with Crippen LogP contribution >= 0.6 is 0 Å². The normalized spacial score (nSPS) is 16.9. The van der Waals surface area contributed by atoms with Crippen LogP contribution in [0.15, 0.2) is 10.5 Å². The van der Waals surface area contributed by atoms with Gasteiger partial charge < -0.3 is 13.9 Å². The van der Waals surface area contributed by atoms with Crippen LogP contribution in [0.1, 0.15) is 57.8 Å². The number of carbonyl (C=O) groups excluding carboxylic acids is 2. The molecule has 3 heterocycles. The van der Waals surface area contributed by atoms with E-state index in [0.29, 0.717) is 29.6 Å². The van der Waals surface area contributed by atoms with Gasteiger partial charge in [0.25, 0.3) is 0 Å². The summed E-state index contributed by atoms with van der Waals surface area (Å²) < 4.78 is 16.1. The molecule has 5 heteroatoms. The second-order valence-electron chi connectivity index (χ2n) is 7.44. The minimum Gasteiger partial charge on any atom is -0.448 e. The van der Waals surface area contributed by atoms with Gasteiger partial charge in [0.05, 0.1) is 5.41 Å². The molecule has 0 spiro atoms. The Balaban J connectivity index is 1.86. The van der Waals surface area contributed by atoms with Gasteiger partial charge in [0.1, 0.15) is 5.56 Å². The van der Waals surface area contributed by atoms with Crippen LogP contribution in [0.3, 0.4) is 0 Å². The van der Waals surface area contributed by atoms with E-state index < -0.39 is 11.4 Å². The first-order valence-electron chi connectivity index (χ1n) is 7.48. The van der Waals surface area contributed by atoms with E-state index >= 15 is 0 Å². The molecule has 0 aliphatic carbocycles. The molecule has 0 saturated heterocycles. The summed E-state index contributed by atoms with van der Waals surface area (Å²) in [4.78, 5) is 24.3. The van der Waals surface area contributed by atoms with Crippen LogP contribution in [-0.2, 0) is 4.79 Å². The SMILES string of the molecule is CCC(C)(CC(C)(C)C)C(=O)Oc1c2c3oc1cc3C(=O)O2. The highest BCUT2D eigenvalue weighted by atomic mass is 16.6. The summed E-state index contributed by atoms with van der Waals surface area (Å²) in [5.41, 5.74) is 0.554. The molecule has 1 atom stereocenters. The topological polar surface area (TPSA) is 65.7 Å². The van der Waals surface area contributed by atoms with E-state index in [1.807, 2.05) is 13.8 Å². The summed E-state index contributed by atoms with van der Waals surface area (Å²) in [6.07, 6.45) is 1.37. The smallest absolute Gasteiger partial charge is 0.347 e. The molecule has 3 rings (SSSR count). The van der Waals surface area contributed by atoms with Crippen molar-refractivity contribution in [3.8, 4) is 11.5 Å². The molecule has 2 aromatic heterocycles. The molecule has 2 bridgehead atoms. The summed E-state index contributed by atoms with van der Waals surface area (Å²) in [5.74, 6) is -0.322. The standard InChI is InChI=1S/C17H20O5/c1-6-17(5,8-16(2,3)4)15(19)22-12-10-7-9-11(20-10)13(12)21-14(9)18/h7H,6,8H2,1-5H3. The van der Waals surface area contributed by atoms with Gasteiger partial charge in [0.15, 0.2) is 11.2 Å². The van der Waals surface area contributed by atoms with Crippen molar-refractivity contribution in [2.75, 3.05) is 0 Å². The van der Waals surface area contributed by atoms with Crippen molar-refractivity contribution < 1.29 is 23.5 Å². The molecule has 0 aromatic carbocycles. The Labute approximate surface area is 128 Å². The molecule has 1 aliphatic heterocycles. The number of hydrogen-bond acceptors (Lipinski definition) is 5. The van der Waals surface area contributed by atoms with Crippen molar-refractivity contribution >= 4 is 23.1 Å². The van der Waals surface area contributed by atoms with Crippen LogP contribution in [-0.4, -0.2) is 11.9 Å². The second-order valence-corrected chi connectivity index (χ2v) is 7.44. The average molecular weight is 304 g/mol. The minimum atomic E-state index is -0.603. The number of benzene rings is 1. The molecule has 0 radical (unpaired) electrons. The maximum atomic E-state index is 12.7. The van der Waals surface area contributed by atoms with E-state index in [-0.39, 0.29) is 22.9 Å². The number of rotatable bonds is 4. The van der Waals surface area contributed by atoms with Crippen molar-refractivity contribution in [2.45, 2.75) is 47.5 Å². The number of ether oxygens (including phenoxy) is 2. The Bertz CT molecular complexity index is 749. The Kier molecular flexibility index (Phi) is 3.03. The van der Waals surface area contributed by atoms with Gasteiger partial charge >= 0.3 is 11.9 Å².